The van der Waals surface area contributed by atoms with Gasteiger partial charge < -0.3 is 14.8 Å². The fourth-order valence-electron chi connectivity index (χ4n) is 2.54. The van der Waals surface area contributed by atoms with Crippen LogP contribution in [0.5, 0.6) is 5.75 Å². The number of aryl methyl sites for hydroxylation is 1. The van der Waals surface area contributed by atoms with E-state index < -0.39 is 30.7 Å². The van der Waals surface area contributed by atoms with E-state index in [0.29, 0.717) is 10.9 Å². The van der Waals surface area contributed by atoms with E-state index in [0.717, 1.165) is 4.68 Å². The number of hydrogen-bond donors (Lipinski definition) is 1. The number of carbonyl (C=O) groups is 2. The van der Waals surface area contributed by atoms with Crippen molar-refractivity contribution in [1.82, 2.24) is 15.0 Å². The first-order valence-corrected chi connectivity index (χ1v) is 8.76. The molecule has 156 valence electrons. The molecule has 0 bridgehead atoms. The van der Waals surface area contributed by atoms with Crippen molar-refractivity contribution in [3.8, 4) is 5.75 Å². The Morgan fingerprint density at radius 1 is 1.10 bits per heavy atom. The Hall–Kier alpha value is -3.89. The van der Waals surface area contributed by atoms with Crippen LogP contribution in [0.1, 0.15) is 6.42 Å². The molecule has 0 aliphatic carbocycles. The van der Waals surface area contributed by atoms with Crippen LogP contribution in [0.2, 0.25) is 0 Å². The van der Waals surface area contributed by atoms with E-state index in [9.17, 15) is 23.2 Å². The van der Waals surface area contributed by atoms with E-state index in [1.54, 1.807) is 24.3 Å². The van der Waals surface area contributed by atoms with Crippen LogP contribution in [0.3, 0.4) is 0 Å². The monoisotopic (exact) mass is 418 g/mol. The third-order valence-electron chi connectivity index (χ3n) is 3.90. The second-order valence-electron chi connectivity index (χ2n) is 5.97. The SMILES string of the molecule is O=C(COC(=O)CCn1nnc2ccccc2c1=O)Nc1ccccc1OC(F)F. The van der Waals surface area contributed by atoms with Crippen molar-refractivity contribution in [1.29, 1.82) is 0 Å². The first-order chi connectivity index (χ1) is 14.4. The Labute approximate surface area is 168 Å². The van der Waals surface area contributed by atoms with Gasteiger partial charge in [0, 0.05) is 0 Å². The maximum Gasteiger partial charge on any atom is 0.387 e. The van der Waals surface area contributed by atoms with Crippen LogP contribution in [0.4, 0.5) is 14.5 Å². The van der Waals surface area contributed by atoms with Crippen molar-refractivity contribution in [2.45, 2.75) is 19.6 Å². The van der Waals surface area contributed by atoms with E-state index in [2.05, 4.69) is 20.4 Å². The van der Waals surface area contributed by atoms with Gasteiger partial charge in [0.05, 0.1) is 24.0 Å². The lowest BCUT2D eigenvalue weighted by Crippen LogP contribution is -2.26. The number of benzene rings is 2. The second-order valence-corrected chi connectivity index (χ2v) is 5.97. The number of alkyl halides is 2. The third-order valence-corrected chi connectivity index (χ3v) is 3.90. The molecule has 2 aromatic carbocycles. The zero-order valence-electron chi connectivity index (χ0n) is 15.5. The van der Waals surface area contributed by atoms with Gasteiger partial charge in [-0.05, 0) is 24.3 Å². The average molecular weight is 418 g/mol. The fraction of sp³-hybridized carbons (Fsp3) is 0.211. The highest BCUT2D eigenvalue weighted by Gasteiger charge is 2.14. The van der Waals surface area contributed by atoms with Gasteiger partial charge in [-0.15, -0.1) is 5.10 Å². The molecule has 1 aromatic heterocycles. The molecule has 1 N–H and O–H groups in total. The summed E-state index contributed by atoms with van der Waals surface area (Å²) in [4.78, 5) is 36.1. The molecule has 1 heterocycles. The lowest BCUT2D eigenvalue weighted by atomic mass is 10.2. The van der Waals surface area contributed by atoms with Crippen molar-refractivity contribution in [2.75, 3.05) is 11.9 Å². The number of anilines is 1. The molecule has 9 nitrogen and oxygen atoms in total. The summed E-state index contributed by atoms with van der Waals surface area (Å²) < 4.78 is 35.0. The normalized spacial score (nSPS) is 10.8. The number of nitrogens with one attached hydrogen (secondary N) is 1. The standard InChI is InChI=1S/C19H16F2N4O5/c20-19(21)30-15-8-4-3-7-14(15)22-16(26)11-29-17(27)9-10-25-18(28)12-5-1-2-6-13(12)23-24-25/h1-8,19H,9-11H2,(H,22,26). The Kier molecular flexibility index (Phi) is 6.63. The third kappa shape index (κ3) is 5.34. The molecule has 11 heteroatoms. The van der Waals surface area contributed by atoms with Crippen molar-refractivity contribution < 1.29 is 27.8 Å². The van der Waals surface area contributed by atoms with Crippen LogP contribution in [0, 0.1) is 0 Å². The van der Waals surface area contributed by atoms with Gasteiger partial charge in [-0.1, -0.05) is 29.5 Å². The summed E-state index contributed by atoms with van der Waals surface area (Å²) in [5, 5.41) is 10.3. The molecule has 0 radical (unpaired) electrons. The number of esters is 1. The number of rotatable bonds is 8. The smallest absolute Gasteiger partial charge is 0.387 e. The van der Waals surface area contributed by atoms with Crippen molar-refractivity contribution >= 4 is 28.5 Å². The Morgan fingerprint density at radius 3 is 2.63 bits per heavy atom. The van der Waals surface area contributed by atoms with E-state index in [-0.39, 0.29) is 24.4 Å². The number of aromatic nitrogens is 3. The number of ether oxygens (including phenoxy) is 2. The van der Waals surface area contributed by atoms with Crippen molar-refractivity contribution in [3.63, 3.8) is 0 Å². The predicted octanol–water partition coefficient (Wildman–Crippen LogP) is 1.96. The number of carbonyl (C=O) groups excluding carboxylic acids is 2. The summed E-state index contributed by atoms with van der Waals surface area (Å²) in [6, 6.07) is 12.3. The van der Waals surface area contributed by atoms with Crippen LogP contribution in [0.15, 0.2) is 53.3 Å². The number of nitrogens with zero attached hydrogens (tertiary/aromatic N) is 3. The molecular weight excluding hydrogens is 402 g/mol. The molecule has 0 saturated carbocycles. The molecule has 0 aliphatic rings. The maximum absolute atomic E-state index is 12.4. The topological polar surface area (TPSA) is 112 Å². The number of amides is 1. The maximum atomic E-state index is 12.4. The summed E-state index contributed by atoms with van der Waals surface area (Å²) >= 11 is 0. The summed E-state index contributed by atoms with van der Waals surface area (Å²) in [5.41, 5.74) is 0.0488. The molecule has 0 aliphatic heterocycles. The summed E-state index contributed by atoms with van der Waals surface area (Å²) in [6.07, 6.45) is -0.217. The predicted molar refractivity (Wildman–Crippen MR) is 101 cm³/mol. The van der Waals surface area contributed by atoms with Crippen LogP contribution < -0.4 is 15.6 Å². The van der Waals surface area contributed by atoms with Gasteiger partial charge in [-0.3, -0.25) is 14.4 Å². The van der Waals surface area contributed by atoms with Gasteiger partial charge in [0.25, 0.3) is 11.5 Å². The molecule has 3 aromatic rings. The second kappa shape index (κ2) is 9.54. The average Bonchev–Trinajstić information content (AvgIpc) is 2.73. The Balaban J connectivity index is 1.51. The molecule has 0 atom stereocenters. The zero-order chi connectivity index (χ0) is 21.5. The number of para-hydroxylation sites is 2. The van der Waals surface area contributed by atoms with Crippen LogP contribution in [-0.4, -0.2) is 40.1 Å². The first kappa shape index (κ1) is 20.8. The molecule has 3 rings (SSSR count). The lowest BCUT2D eigenvalue weighted by molar-refractivity contribution is -0.147. The highest BCUT2D eigenvalue weighted by atomic mass is 19.3. The minimum Gasteiger partial charge on any atom is -0.456 e. The lowest BCUT2D eigenvalue weighted by Gasteiger charge is -2.11. The van der Waals surface area contributed by atoms with Gasteiger partial charge in [0.15, 0.2) is 6.61 Å². The highest BCUT2D eigenvalue weighted by molar-refractivity contribution is 5.94. The van der Waals surface area contributed by atoms with Crippen LogP contribution in [0.25, 0.3) is 10.9 Å². The van der Waals surface area contributed by atoms with Crippen molar-refractivity contribution in [2.24, 2.45) is 0 Å². The molecule has 1 amide bonds. The fourth-order valence-corrected chi connectivity index (χ4v) is 2.54. The van der Waals surface area contributed by atoms with E-state index in [1.165, 1.54) is 24.3 Å². The largest absolute Gasteiger partial charge is 0.456 e. The van der Waals surface area contributed by atoms with E-state index in [4.69, 9.17) is 4.74 Å². The van der Waals surface area contributed by atoms with Gasteiger partial charge >= 0.3 is 12.6 Å². The molecule has 0 spiro atoms. The summed E-state index contributed by atoms with van der Waals surface area (Å²) in [5.74, 6) is -1.71. The van der Waals surface area contributed by atoms with Gasteiger partial charge in [-0.2, -0.15) is 8.78 Å². The number of fused-ring (bicyclic) bond motifs is 1. The molecule has 0 saturated heterocycles. The van der Waals surface area contributed by atoms with Gasteiger partial charge in [-0.25, -0.2) is 4.68 Å². The zero-order valence-corrected chi connectivity index (χ0v) is 15.5. The van der Waals surface area contributed by atoms with E-state index >= 15 is 0 Å². The first-order valence-electron chi connectivity index (χ1n) is 8.76. The van der Waals surface area contributed by atoms with Gasteiger partial charge in [0.2, 0.25) is 0 Å². The highest BCUT2D eigenvalue weighted by Crippen LogP contribution is 2.25. The molecule has 0 unspecified atom stereocenters. The van der Waals surface area contributed by atoms with E-state index in [1.807, 2.05) is 0 Å². The quantitative estimate of drug-likeness (QED) is 0.557. The van der Waals surface area contributed by atoms with Crippen LogP contribution >= 0.6 is 0 Å². The van der Waals surface area contributed by atoms with Crippen molar-refractivity contribution in [3.05, 3.63) is 58.9 Å². The molecule has 0 fully saturated rings. The minimum absolute atomic E-state index is 0.0110. The minimum atomic E-state index is -3.05. The van der Waals surface area contributed by atoms with Crippen LogP contribution in [-0.2, 0) is 20.9 Å². The summed E-state index contributed by atoms with van der Waals surface area (Å²) in [6.45, 7) is -3.77. The Morgan fingerprint density at radius 2 is 1.83 bits per heavy atom. The van der Waals surface area contributed by atoms with Gasteiger partial charge in [0.1, 0.15) is 11.3 Å². The molecule has 30 heavy (non-hydrogen) atoms. The summed E-state index contributed by atoms with van der Waals surface area (Å²) in [7, 11) is 0. The number of halogens is 2. The Bertz CT molecular complexity index is 1120. The molecular formula is C19H16F2N4O5. The number of hydrogen-bond acceptors (Lipinski definition) is 7.